The molecular formula is C22H24N2O5. The molecule has 0 radical (unpaired) electrons. The molecule has 0 N–H and O–H groups in total. The minimum absolute atomic E-state index is 0.0912. The van der Waals surface area contributed by atoms with E-state index in [1.165, 1.54) is 0 Å². The Morgan fingerprint density at radius 3 is 2.38 bits per heavy atom. The van der Waals surface area contributed by atoms with Crippen LogP contribution in [-0.2, 0) is 32.3 Å². The van der Waals surface area contributed by atoms with Crippen molar-refractivity contribution >= 4 is 12.0 Å². The van der Waals surface area contributed by atoms with Crippen molar-refractivity contribution in [2.24, 2.45) is 0 Å². The number of benzene rings is 2. The second-order valence-corrected chi connectivity index (χ2v) is 7.15. The van der Waals surface area contributed by atoms with E-state index in [9.17, 15) is 9.59 Å². The standard InChI is InChI=1S/C22H24N2O5/c25-21(23-11-12-28-22(23)26)20-13-19(16-27-15-18-9-5-2-6-10-18)24(29-20)14-17-7-3-1-4-8-17/h1-10,19-20H,11-16H2/t19-,20-/m0/s1. The van der Waals surface area contributed by atoms with Crippen LogP contribution in [0.2, 0.25) is 0 Å². The summed E-state index contributed by atoms with van der Waals surface area (Å²) in [4.78, 5) is 31.6. The Hall–Kier alpha value is -2.74. The van der Waals surface area contributed by atoms with Gasteiger partial charge < -0.3 is 9.47 Å². The normalized spacial score (nSPS) is 22.1. The van der Waals surface area contributed by atoms with Crippen molar-refractivity contribution in [2.45, 2.75) is 31.7 Å². The van der Waals surface area contributed by atoms with Crippen LogP contribution in [0.3, 0.4) is 0 Å². The number of hydroxylamine groups is 2. The smallest absolute Gasteiger partial charge is 0.416 e. The van der Waals surface area contributed by atoms with E-state index < -0.39 is 12.2 Å². The number of hydrogen-bond acceptors (Lipinski definition) is 6. The number of rotatable bonds is 7. The molecule has 152 valence electrons. The molecule has 2 saturated heterocycles. The molecule has 0 unspecified atom stereocenters. The summed E-state index contributed by atoms with van der Waals surface area (Å²) in [6.45, 7) is 1.96. The molecule has 7 nitrogen and oxygen atoms in total. The van der Waals surface area contributed by atoms with Crippen molar-refractivity contribution < 1.29 is 23.9 Å². The van der Waals surface area contributed by atoms with E-state index >= 15 is 0 Å². The zero-order valence-corrected chi connectivity index (χ0v) is 16.1. The third-order valence-electron chi connectivity index (χ3n) is 5.06. The molecule has 0 aliphatic carbocycles. The van der Waals surface area contributed by atoms with Crippen LogP contribution in [0, 0.1) is 0 Å². The van der Waals surface area contributed by atoms with Gasteiger partial charge in [-0.25, -0.2) is 9.69 Å². The maximum Gasteiger partial charge on any atom is 0.416 e. The Kier molecular flexibility index (Phi) is 6.19. The minimum atomic E-state index is -0.713. The summed E-state index contributed by atoms with van der Waals surface area (Å²) in [7, 11) is 0. The number of amides is 2. The second-order valence-electron chi connectivity index (χ2n) is 7.15. The monoisotopic (exact) mass is 396 g/mol. The van der Waals surface area contributed by atoms with Crippen molar-refractivity contribution in [1.29, 1.82) is 0 Å². The Balaban J connectivity index is 1.41. The van der Waals surface area contributed by atoms with Crippen molar-refractivity contribution in [3.63, 3.8) is 0 Å². The first-order chi connectivity index (χ1) is 14.2. The summed E-state index contributed by atoms with van der Waals surface area (Å²) in [5.41, 5.74) is 2.17. The summed E-state index contributed by atoms with van der Waals surface area (Å²) in [6.07, 6.45) is -0.851. The number of carbonyl (C=O) groups excluding carboxylic acids is 2. The van der Waals surface area contributed by atoms with E-state index in [0.717, 1.165) is 16.0 Å². The molecule has 2 aliphatic rings. The summed E-state index contributed by atoms with van der Waals surface area (Å²) < 4.78 is 10.8. The highest BCUT2D eigenvalue weighted by atomic mass is 16.7. The highest BCUT2D eigenvalue weighted by Gasteiger charge is 2.42. The molecule has 2 fully saturated rings. The summed E-state index contributed by atoms with van der Waals surface area (Å²) in [6, 6.07) is 19.8. The van der Waals surface area contributed by atoms with E-state index in [1.807, 2.05) is 60.7 Å². The van der Waals surface area contributed by atoms with Gasteiger partial charge in [0.15, 0.2) is 6.10 Å². The van der Waals surface area contributed by atoms with Gasteiger partial charge in [0.25, 0.3) is 5.91 Å². The van der Waals surface area contributed by atoms with Crippen molar-refractivity contribution in [3.05, 3.63) is 71.8 Å². The highest BCUT2D eigenvalue weighted by molar-refractivity contribution is 5.95. The van der Waals surface area contributed by atoms with Gasteiger partial charge in [-0.2, -0.15) is 5.06 Å². The predicted octanol–water partition coefficient (Wildman–Crippen LogP) is 2.76. The molecule has 2 aliphatic heterocycles. The number of cyclic esters (lactones) is 1. The van der Waals surface area contributed by atoms with Gasteiger partial charge in [0.1, 0.15) is 6.61 Å². The quantitative estimate of drug-likeness (QED) is 0.717. The average molecular weight is 396 g/mol. The summed E-state index contributed by atoms with van der Waals surface area (Å²) in [5, 5.41) is 1.80. The lowest BCUT2D eigenvalue weighted by molar-refractivity contribution is -0.187. The van der Waals surface area contributed by atoms with Gasteiger partial charge in [0.2, 0.25) is 0 Å². The maximum atomic E-state index is 12.7. The van der Waals surface area contributed by atoms with Crippen molar-refractivity contribution in [3.8, 4) is 0 Å². The van der Waals surface area contributed by atoms with Gasteiger partial charge in [-0.1, -0.05) is 60.7 Å². The van der Waals surface area contributed by atoms with E-state index in [-0.39, 0.29) is 25.1 Å². The summed E-state index contributed by atoms with van der Waals surface area (Å²) >= 11 is 0. The first-order valence-electron chi connectivity index (χ1n) is 9.78. The van der Waals surface area contributed by atoms with E-state index in [2.05, 4.69) is 0 Å². The molecule has 29 heavy (non-hydrogen) atoms. The minimum Gasteiger partial charge on any atom is -0.447 e. The van der Waals surface area contributed by atoms with Gasteiger partial charge in [0, 0.05) is 13.0 Å². The molecule has 0 spiro atoms. The van der Waals surface area contributed by atoms with E-state index in [0.29, 0.717) is 26.2 Å². The second kappa shape index (κ2) is 9.17. The first kappa shape index (κ1) is 19.6. The molecule has 2 heterocycles. The molecule has 0 bridgehead atoms. The Morgan fingerprint density at radius 1 is 1.03 bits per heavy atom. The SMILES string of the molecule is O=C1OCCN1C(=O)[C@@H]1C[C@@H](COCc2ccccc2)N(Cc2ccccc2)O1. The van der Waals surface area contributed by atoms with E-state index in [1.54, 1.807) is 5.06 Å². The lowest BCUT2D eigenvalue weighted by atomic mass is 10.1. The molecule has 4 rings (SSSR count). The van der Waals surface area contributed by atoms with E-state index in [4.69, 9.17) is 14.3 Å². The summed E-state index contributed by atoms with van der Waals surface area (Å²) in [5.74, 6) is -0.351. The molecule has 2 aromatic carbocycles. The molecule has 2 amide bonds. The number of ether oxygens (including phenoxy) is 2. The van der Waals surface area contributed by atoms with Crippen LogP contribution in [0.1, 0.15) is 17.5 Å². The number of nitrogens with zero attached hydrogens (tertiary/aromatic N) is 2. The number of imide groups is 1. The van der Waals surface area contributed by atoms with Crippen molar-refractivity contribution in [2.75, 3.05) is 19.8 Å². The van der Waals surface area contributed by atoms with Gasteiger partial charge in [0.05, 0.1) is 25.8 Å². The van der Waals surface area contributed by atoms with Crippen LogP contribution in [0.5, 0.6) is 0 Å². The molecule has 2 atom stereocenters. The van der Waals surface area contributed by atoms with Crippen LogP contribution in [0.4, 0.5) is 4.79 Å². The maximum absolute atomic E-state index is 12.7. The molecular weight excluding hydrogens is 372 g/mol. The fourth-order valence-corrected chi connectivity index (χ4v) is 3.54. The first-order valence-corrected chi connectivity index (χ1v) is 9.78. The molecule has 7 heteroatoms. The third kappa shape index (κ3) is 4.82. The number of hydrogen-bond donors (Lipinski definition) is 0. The van der Waals surface area contributed by atoms with Gasteiger partial charge in [-0.15, -0.1) is 0 Å². The Bertz CT molecular complexity index is 830. The van der Waals surface area contributed by atoms with Crippen LogP contribution in [0.15, 0.2) is 60.7 Å². The predicted molar refractivity (Wildman–Crippen MR) is 104 cm³/mol. The lowest BCUT2D eigenvalue weighted by Crippen LogP contribution is -2.40. The molecule has 2 aromatic rings. The third-order valence-corrected chi connectivity index (χ3v) is 5.06. The molecule has 0 aromatic heterocycles. The zero-order valence-electron chi connectivity index (χ0n) is 16.1. The average Bonchev–Trinajstić information content (AvgIpc) is 3.35. The van der Waals surface area contributed by atoms with Gasteiger partial charge >= 0.3 is 6.09 Å². The van der Waals surface area contributed by atoms with Crippen LogP contribution >= 0.6 is 0 Å². The van der Waals surface area contributed by atoms with Gasteiger partial charge in [-0.05, 0) is 11.1 Å². The van der Waals surface area contributed by atoms with Gasteiger partial charge in [-0.3, -0.25) is 9.63 Å². The van der Waals surface area contributed by atoms with Crippen LogP contribution in [0.25, 0.3) is 0 Å². The van der Waals surface area contributed by atoms with Crippen LogP contribution in [-0.4, -0.2) is 53.9 Å². The lowest BCUT2D eigenvalue weighted by Gasteiger charge is -2.23. The zero-order chi connectivity index (χ0) is 20.1. The fourth-order valence-electron chi connectivity index (χ4n) is 3.54. The largest absolute Gasteiger partial charge is 0.447 e. The number of carbonyl (C=O) groups is 2. The van der Waals surface area contributed by atoms with Crippen LogP contribution < -0.4 is 0 Å². The topological polar surface area (TPSA) is 68.3 Å². The Labute approximate surface area is 169 Å². The highest BCUT2D eigenvalue weighted by Crippen LogP contribution is 2.26. The molecule has 0 saturated carbocycles. The fraction of sp³-hybridized carbons (Fsp3) is 0.364. The van der Waals surface area contributed by atoms with Crippen molar-refractivity contribution in [1.82, 2.24) is 9.96 Å². The Morgan fingerprint density at radius 2 is 1.72 bits per heavy atom.